The maximum Gasteiger partial charge on any atom is 0.407 e. The minimum absolute atomic E-state index is 0.115. The van der Waals surface area contributed by atoms with Crippen molar-refractivity contribution in [3.8, 4) is 0 Å². The number of carboxylic acid groups (broad SMARTS) is 1. The number of likely N-dealkylation sites (tertiary alicyclic amines) is 2. The molecule has 0 atom stereocenters. The molecule has 0 radical (unpaired) electrons. The first-order valence-electron chi connectivity index (χ1n) is 5.34. The molecule has 1 amide bonds. The highest BCUT2D eigenvalue weighted by molar-refractivity contribution is 7.85. The molecule has 0 aromatic carbocycles. The van der Waals surface area contributed by atoms with E-state index in [9.17, 15) is 13.2 Å². The van der Waals surface area contributed by atoms with E-state index in [1.165, 1.54) is 4.90 Å². The molecule has 0 saturated carbocycles. The lowest BCUT2D eigenvalue weighted by Gasteiger charge is -2.59. The van der Waals surface area contributed by atoms with Gasteiger partial charge in [0.05, 0.1) is 12.9 Å². The van der Waals surface area contributed by atoms with Gasteiger partial charge in [0.25, 0.3) is 10.1 Å². The van der Waals surface area contributed by atoms with Crippen molar-refractivity contribution in [3.63, 3.8) is 0 Å². The molecule has 0 aromatic heterocycles. The van der Waals surface area contributed by atoms with Crippen molar-refractivity contribution in [2.45, 2.75) is 0 Å². The molecule has 17 heavy (non-hydrogen) atoms. The van der Waals surface area contributed by atoms with Crippen LogP contribution in [-0.2, 0) is 14.3 Å². The molecule has 0 aromatic rings. The monoisotopic (exact) mass is 264 g/mol. The Labute approximate surface area is 100 Å². The van der Waals surface area contributed by atoms with Gasteiger partial charge in [-0.05, 0) is 0 Å². The Kier molecular flexibility index (Phi) is 3.04. The molecule has 0 bridgehead atoms. The summed E-state index contributed by atoms with van der Waals surface area (Å²) in [5.74, 6) is 0. The molecule has 1 spiro atoms. The fraction of sp³-hybridized carbons (Fsp3) is 0.889. The molecular weight excluding hydrogens is 248 g/mol. The van der Waals surface area contributed by atoms with E-state index in [0.29, 0.717) is 19.6 Å². The summed E-state index contributed by atoms with van der Waals surface area (Å²) >= 11 is 0. The van der Waals surface area contributed by atoms with Gasteiger partial charge in [0.1, 0.15) is 0 Å². The zero-order valence-electron chi connectivity index (χ0n) is 9.63. The minimum atomic E-state index is -3.36. The van der Waals surface area contributed by atoms with Gasteiger partial charge in [0.2, 0.25) is 0 Å². The Morgan fingerprint density at radius 2 is 1.94 bits per heavy atom. The summed E-state index contributed by atoms with van der Waals surface area (Å²) in [5.41, 5.74) is 0.115. The fourth-order valence-electron chi connectivity index (χ4n) is 2.48. The summed E-state index contributed by atoms with van der Waals surface area (Å²) in [6.45, 7) is 3.56. The first-order valence-corrected chi connectivity index (χ1v) is 7.16. The third kappa shape index (κ3) is 2.88. The normalized spacial score (nSPS) is 23.2. The second kappa shape index (κ2) is 4.11. The van der Waals surface area contributed by atoms with Crippen LogP contribution in [0.15, 0.2) is 0 Å². The summed E-state index contributed by atoms with van der Waals surface area (Å²) in [7, 11) is -3.36. The SMILES string of the molecule is CS(=O)(=O)OCCN1CC2(C1)CN(C(=O)O)C2. The van der Waals surface area contributed by atoms with Gasteiger partial charge in [-0.3, -0.25) is 9.08 Å². The molecule has 2 heterocycles. The van der Waals surface area contributed by atoms with Crippen LogP contribution in [0.2, 0.25) is 0 Å². The number of hydrogen-bond acceptors (Lipinski definition) is 5. The fourth-order valence-corrected chi connectivity index (χ4v) is 2.85. The molecule has 1 N–H and O–H groups in total. The first-order chi connectivity index (χ1) is 7.80. The topological polar surface area (TPSA) is 87.2 Å². The molecule has 2 aliphatic rings. The quantitative estimate of drug-likeness (QED) is 0.673. The van der Waals surface area contributed by atoms with E-state index < -0.39 is 16.2 Å². The van der Waals surface area contributed by atoms with Crippen LogP contribution in [0.4, 0.5) is 4.79 Å². The number of rotatable bonds is 4. The maximum atomic E-state index is 10.7. The molecule has 7 nitrogen and oxygen atoms in total. The number of nitrogens with zero attached hydrogens (tertiary/aromatic N) is 2. The Morgan fingerprint density at radius 3 is 2.41 bits per heavy atom. The Hall–Kier alpha value is -0.860. The van der Waals surface area contributed by atoms with Crippen LogP contribution in [0.25, 0.3) is 0 Å². The predicted molar refractivity (Wildman–Crippen MR) is 59.3 cm³/mol. The van der Waals surface area contributed by atoms with E-state index in [0.717, 1.165) is 19.3 Å². The molecule has 2 rings (SSSR count). The van der Waals surface area contributed by atoms with Crippen molar-refractivity contribution in [1.82, 2.24) is 9.80 Å². The van der Waals surface area contributed by atoms with Crippen molar-refractivity contribution in [2.24, 2.45) is 5.41 Å². The van der Waals surface area contributed by atoms with Gasteiger partial charge in [0, 0.05) is 38.1 Å². The predicted octanol–water partition coefficient (Wildman–Crippen LogP) is -0.742. The average Bonchev–Trinajstić information content (AvgIpc) is 2.02. The minimum Gasteiger partial charge on any atom is -0.465 e. The van der Waals surface area contributed by atoms with Crippen LogP contribution in [0.1, 0.15) is 0 Å². The van der Waals surface area contributed by atoms with Crippen LogP contribution in [0.5, 0.6) is 0 Å². The standard InChI is InChI=1S/C9H16N2O5S/c1-17(14,15)16-3-2-10-4-9(5-10)6-11(7-9)8(12)13/h2-7H2,1H3,(H,12,13). The molecule has 0 unspecified atom stereocenters. The number of amides is 1. The van der Waals surface area contributed by atoms with Gasteiger partial charge in [-0.15, -0.1) is 0 Å². The Bertz CT molecular complexity index is 407. The third-order valence-corrected chi connectivity index (χ3v) is 3.74. The number of carbonyl (C=O) groups is 1. The first kappa shape index (κ1) is 12.6. The Balaban J connectivity index is 1.63. The van der Waals surface area contributed by atoms with Gasteiger partial charge in [-0.1, -0.05) is 0 Å². The third-order valence-electron chi connectivity index (χ3n) is 3.15. The van der Waals surface area contributed by atoms with Crippen LogP contribution in [0.3, 0.4) is 0 Å². The largest absolute Gasteiger partial charge is 0.465 e. The lowest BCUT2D eigenvalue weighted by Crippen LogP contribution is -2.72. The summed E-state index contributed by atoms with van der Waals surface area (Å²) < 4.78 is 26.1. The summed E-state index contributed by atoms with van der Waals surface area (Å²) in [6, 6.07) is 0. The molecular formula is C9H16N2O5S. The van der Waals surface area contributed by atoms with E-state index in [1.807, 2.05) is 0 Å². The van der Waals surface area contributed by atoms with Crippen LogP contribution < -0.4 is 0 Å². The lowest BCUT2D eigenvalue weighted by atomic mass is 9.73. The lowest BCUT2D eigenvalue weighted by molar-refractivity contribution is -0.103. The second-order valence-electron chi connectivity index (χ2n) is 4.88. The highest BCUT2D eigenvalue weighted by atomic mass is 32.2. The van der Waals surface area contributed by atoms with Crippen molar-refractivity contribution >= 4 is 16.2 Å². The van der Waals surface area contributed by atoms with Gasteiger partial charge < -0.3 is 10.0 Å². The van der Waals surface area contributed by atoms with Crippen molar-refractivity contribution in [3.05, 3.63) is 0 Å². The molecule has 2 fully saturated rings. The molecule has 98 valence electrons. The second-order valence-corrected chi connectivity index (χ2v) is 6.52. The smallest absolute Gasteiger partial charge is 0.407 e. The molecule has 8 heteroatoms. The number of hydrogen-bond donors (Lipinski definition) is 1. The van der Waals surface area contributed by atoms with Crippen LogP contribution in [0, 0.1) is 5.41 Å². The average molecular weight is 264 g/mol. The van der Waals surface area contributed by atoms with Crippen molar-refractivity contribution in [2.75, 3.05) is 45.6 Å². The highest BCUT2D eigenvalue weighted by Gasteiger charge is 2.52. The summed E-state index contributed by atoms with van der Waals surface area (Å²) in [5, 5.41) is 8.71. The van der Waals surface area contributed by atoms with E-state index in [-0.39, 0.29) is 12.0 Å². The van der Waals surface area contributed by atoms with E-state index in [1.54, 1.807) is 0 Å². The summed E-state index contributed by atoms with van der Waals surface area (Å²) in [4.78, 5) is 14.1. The highest BCUT2D eigenvalue weighted by Crippen LogP contribution is 2.39. The zero-order valence-corrected chi connectivity index (χ0v) is 10.4. The van der Waals surface area contributed by atoms with Crippen LogP contribution in [-0.4, -0.2) is 75.0 Å². The van der Waals surface area contributed by atoms with Gasteiger partial charge in [0.15, 0.2) is 0 Å². The van der Waals surface area contributed by atoms with E-state index >= 15 is 0 Å². The van der Waals surface area contributed by atoms with Gasteiger partial charge in [-0.2, -0.15) is 8.42 Å². The maximum absolute atomic E-state index is 10.7. The molecule has 2 saturated heterocycles. The van der Waals surface area contributed by atoms with Gasteiger partial charge in [-0.25, -0.2) is 4.79 Å². The van der Waals surface area contributed by atoms with E-state index in [2.05, 4.69) is 9.08 Å². The Morgan fingerprint density at radius 1 is 1.35 bits per heavy atom. The van der Waals surface area contributed by atoms with Gasteiger partial charge >= 0.3 is 6.09 Å². The van der Waals surface area contributed by atoms with Crippen molar-refractivity contribution < 1.29 is 22.5 Å². The molecule has 0 aliphatic carbocycles. The van der Waals surface area contributed by atoms with Crippen molar-refractivity contribution in [1.29, 1.82) is 0 Å². The van der Waals surface area contributed by atoms with Crippen LogP contribution >= 0.6 is 0 Å². The molecule has 2 aliphatic heterocycles. The zero-order chi connectivity index (χ0) is 12.7. The van der Waals surface area contributed by atoms with E-state index in [4.69, 9.17) is 5.11 Å². The summed E-state index contributed by atoms with van der Waals surface area (Å²) in [6.07, 6.45) is 0.163.